The molecule has 2 aliphatic rings. The highest BCUT2D eigenvalue weighted by molar-refractivity contribution is 7.99. The molecular weight excluding hydrogens is 385 g/mol. The molecule has 2 N–H and O–H groups in total. The van der Waals surface area contributed by atoms with E-state index in [1.54, 1.807) is 0 Å². The topological polar surface area (TPSA) is 91.5 Å². The van der Waals surface area contributed by atoms with Gasteiger partial charge in [-0.05, 0) is 56.2 Å². The Labute approximate surface area is 159 Å². The summed E-state index contributed by atoms with van der Waals surface area (Å²) >= 11 is 2.10. The predicted octanol–water partition coefficient (Wildman–Crippen LogP) is 2.01. The fourth-order valence-corrected chi connectivity index (χ4v) is 4.40. The van der Waals surface area contributed by atoms with Crippen LogP contribution in [-0.2, 0) is 17.9 Å². The summed E-state index contributed by atoms with van der Waals surface area (Å²) in [6, 6.07) is 0.838. The first-order valence-corrected chi connectivity index (χ1v) is 10.1. The lowest BCUT2D eigenvalue weighted by Crippen LogP contribution is -2.43. The zero-order valence-corrected chi connectivity index (χ0v) is 15.8. The molecule has 0 saturated carbocycles. The smallest absolute Gasteiger partial charge is 0.475 e. The molecule has 3 rings (SSSR count). The highest BCUT2D eigenvalue weighted by Crippen LogP contribution is 2.27. The molecule has 0 aromatic carbocycles. The molecule has 0 spiro atoms. The molecule has 2 saturated heterocycles. The number of carbonyl (C=O) groups is 1. The number of carboxylic acid groups (broad SMARTS) is 1. The zero-order chi connectivity index (χ0) is 19.9. The first-order valence-electron chi connectivity index (χ1n) is 8.91. The van der Waals surface area contributed by atoms with Gasteiger partial charge in [0.2, 0.25) is 0 Å². The maximum atomic E-state index is 10.6. The van der Waals surface area contributed by atoms with Crippen molar-refractivity contribution in [1.82, 2.24) is 19.9 Å². The number of rotatable bonds is 4. The van der Waals surface area contributed by atoms with Gasteiger partial charge in [0.25, 0.3) is 0 Å². The average molecular weight is 410 g/mol. The quantitative estimate of drug-likeness (QED) is 0.785. The number of halogens is 3. The van der Waals surface area contributed by atoms with Crippen molar-refractivity contribution in [2.24, 2.45) is 5.92 Å². The Bertz CT molecular complexity index is 586. The monoisotopic (exact) mass is 410 g/mol. The van der Waals surface area contributed by atoms with E-state index >= 15 is 0 Å². The molecule has 154 valence electrons. The van der Waals surface area contributed by atoms with Crippen molar-refractivity contribution in [1.29, 1.82) is 0 Å². The van der Waals surface area contributed by atoms with Gasteiger partial charge in [-0.2, -0.15) is 24.9 Å². The van der Waals surface area contributed by atoms with Gasteiger partial charge in [-0.1, -0.05) is 5.21 Å². The van der Waals surface area contributed by atoms with Crippen molar-refractivity contribution in [3.8, 4) is 0 Å². The average Bonchev–Trinajstić information content (AvgIpc) is 3.10. The zero-order valence-electron chi connectivity index (χ0n) is 14.9. The highest BCUT2D eigenvalue weighted by Gasteiger charge is 2.38. The number of aliphatic hydroxyl groups excluding tert-OH is 1. The third-order valence-electron chi connectivity index (χ3n) is 4.79. The largest absolute Gasteiger partial charge is 0.490 e. The first-order chi connectivity index (χ1) is 12.8. The molecule has 1 aromatic heterocycles. The summed E-state index contributed by atoms with van der Waals surface area (Å²) < 4.78 is 33.6. The van der Waals surface area contributed by atoms with Crippen LogP contribution in [0.25, 0.3) is 0 Å². The van der Waals surface area contributed by atoms with Crippen LogP contribution >= 0.6 is 11.8 Å². The van der Waals surface area contributed by atoms with Crippen LogP contribution in [0, 0.1) is 5.92 Å². The molecule has 27 heavy (non-hydrogen) atoms. The van der Waals surface area contributed by atoms with Crippen LogP contribution in [0.3, 0.4) is 0 Å². The van der Waals surface area contributed by atoms with Crippen LogP contribution in [0.5, 0.6) is 0 Å². The van der Waals surface area contributed by atoms with Gasteiger partial charge in [0.1, 0.15) is 5.69 Å². The van der Waals surface area contributed by atoms with Crippen molar-refractivity contribution < 1.29 is 28.2 Å². The molecular formula is C16H25F3N4O3S. The Kier molecular flexibility index (Phi) is 8.36. The number of alkyl halides is 3. The molecule has 0 bridgehead atoms. The maximum absolute atomic E-state index is 10.6. The number of carboxylic acids is 1. The maximum Gasteiger partial charge on any atom is 0.490 e. The lowest BCUT2D eigenvalue weighted by atomic mass is 9.94. The third-order valence-corrected chi connectivity index (χ3v) is 5.84. The second-order valence-corrected chi connectivity index (χ2v) is 7.94. The minimum absolute atomic E-state index is 0.0157. The predicted molar refractivity (Wildman–Crippen MR) is 94.3 cm³/mol. The molecule has 0 unspecified atom stereocenters. The number of thioether (sulfide) groups is 1. The van der Waals surface area contributed by atoms with Gasteiger partial charge in [0, 0.05) is 12.6 Å². The minimum Gasteiger partial charge on any atom is -0.475 e. The number of likely N-dealkylation sites (tertiary alicyclic amines) is 1. The van der Waals surface area contributed by atoms with E-state index in [1.807, 2.05) is 10.9 Å². The van der Waals surface area contributed by atoms with Crippen molar-refractivity contribution in [2.45, 2.75) is 51.1 Å². The molecule has 1 aromatic rings. The van der Waals surface area contributed by atoms with Gasteiger partial charge in [0.05, 0.1) is 12.8 Å². The SMILES string of the molecule is O=C(O)C(F)(F)F.OCc1cn(CC2CCN(C3CCSCC3)CC2)nn1. The van der Waals surface area contributed by atoms with E-state index in [2.05, 4.69) is 27.0 Å². The van der Waals surface area contributed by atoms with Crippen LogP contribution in [-0.4, -0.2) is 72.9 Å². The summed E-state index contributed by atoms with van der Waals surface area (Å²) in [5, 5.41) is 24.2. The second-order valence-electron chi connectivity index (χ2n) is 6.72. The van der Waals surface area contributed by atoms with Gasteiger partial charge in [0.15, 0.2) is 0 Å². The Morgan fingerprint density at radius 3 is 2.30 bits per heavy atom. The van der Waals surface area contributed by atoms with Gasteiger partial charge in [-0.3, -0.25) is 4.68 Å². The molecule has 0 aliphatic carbocycles. The van der Waals surface area contributed by atoms with E-state index in [4.69, 9.17) is 15.0 Å². The number of nitrogens with zero attached hydrogens (tertiary/aromatic N) is 4. The Morgan fingerprint density at radius 1 is 1.22 bits per heavy atom. The third kappa shape index (κ3) is 7.30. The van der Waals surface area contributed by atoms with Crippen LogP contribution in [0.15, 0.2) is 6.20 Å². The van der Waals surface area contributed by atoms with E-state index in [9.17, 15) is 13.2 Å². The number of aliphatic hydroxyl groups is 1. The standard InChI is InChI=1S/C14H24N4OS.C2HF3O2/c19-11-13-10-18(16-15-13)9-12-1-5-17(6-2-12)14-3-7-20-8-4-14;3-2(4,5)1(6)7/h10,12,14,19H,1-9,11H2;(H,6,7). The summed E-state index contributed by atoms with van der Waals surface area (Å²) in [6.07, 6.45) is 2.05. The number of piperidine rings is 1. The van der Waals surface area contributed by atoms with E-state index in [-0.39, 0.29) is 6.61 Å². The van der Waals surface area contributed by atoms with Crippen LogP contribution in [0.2, 0.25) is 0 Å². The summed E-state index contributed by atoms with van der Waals surface area (Å²) in [5.41, 5.74) is 0.669. The van der Waals surface area contributed by atoms with E-state index < -0.39 is 12.1 Å². The minimum atomic E-state index is -5.08. The van der Waals surface area contributed by atoms with Crippen LogP contribution in [0.4, 0.5) is 13.2 Å². The van der Waals surface area contributed by atoms with Crippen molar-refractivity contribution >= 4 is 17.7 Å². The fourth-order valence-electron chi connectivity index (χ4n) is 3.32. The Morgan fingerprint density at radius 2 is 1.81 bits per heavy atom. The van der Waals surface area contributed by atoms with Gasteiger partial charge >= 0.3 is 12.1 Å². The normalized spacial score (nSPS) is 20.1. The van der Waals surface area contributed by atoms with E-state index in [0.29, 0.717) is 11.6 Å². The number of aromatic nitrogens is 3. The Hall–Kier alpha value is -1.33. The molecule has 0 atom stereocenters. The van der Waals surface area contributed by atoms with Crippen molar-refractivity contribution in [3.63, 3.8) is 0 Å². The van der Waals surface area contributed by atoms with E-state index in [0.717, 1.165) is 12.6 Å². The molecule has 3 heterocycles. The Balaban J connectivity index is 0.000000321. The molecule has 0 amide bonds. The van der Waals surface area contributed by atoms with Gasteiger partial charge in [-0.25, -0.2) is 4.79 Å². The van der Waals surface area contributed by atoms with Crippen LogP contribution < -0.4 is 0 Å². The van der Waals surface area contributed by atoms with Gasteiger partial charge in [-0.15, -0.1) is 5.10 Å². The fraction of sp³-hybridized carbons (Fsp3) is 0.812. The summed E-state index contributed by atoms with van der Waals surface area (Å²) in [6.45, 7) is 3.41. The number of hydrogen-bond acceptors (Lipinski definition) is 6. The summed E-state index contributed by atoms with van der Waals surface area (Å²) in [4.78, 5) is 11.6. The highest BCUT2D eigenvalue weighted by atomic mass is 32.2. The number of hydrogen-bond donors (Lipinski definition) is 2. The molecule has 0 radical (unpaired) electrons. The molecule has 7 nitrogen and oxygen atoms in total. The summed E-state index contributed by atoms with van der Waals surface area (Å²) in [5.74, 6) is 0.631. The second kappa shape index (κ2) is 10.3. The lowest BCUT2D eigenvalue weighted by molar-refractivity contribution is -0.192. The first kappa shape index (κ1) is 22.0. The van der Waals surface area contributed by atoms with Crippen molar-refractivity contribution in [2.75, 3.05) is 24.6 Å². The lowest BCUT2D eigenvalue weighted by Gasteiger charge is -2.39. The van der Waals surface area contributed by atoms with E-state index in [1.165, 1.54) is 50.3 Å². The molecule has 11 heteroatoms. The number of aliphatic carboxylic acids is 1. The molecule has 2 fully saturated rings. The molecule has 2 aliphatic heterocycles. The van der Waals surface area contributed by atoms with Crippen molar-refractivity contribution in [3.05, 3.63) is 11.9 Å². The summed E-state index contributed by atoms with van der Waals surface area (Å²) in [7, 11) is 0. The van der Waals surface area contributed by atoms with Gasteiger partial charge < -0.3 is 15.1 Å². The van der Waals surface area contributed by atoms with Crippen LogP contribution in [0.1, 0.15) is 31.4 Å².